The molecule has 2 aliphatic carbocycles. The molecule has 1 N–H and O–H groups in total. The lowest BCUT2D eigenvalue weighted by Crippen LogP contribution is -2.49. The number of methoxy groups -OCH3 is 1. The van der Waals surface area contributed by atoms with E-state index < -0.39 is 27.5 Å². The van der Waals surface area contributed by atoms with Crippen molar-refractivity contribution in [1.29, 1.82) is 0 Å². The minimum absolute atomic E-state index is 0.103. The minimum atomic E-state index is -3.79. The normalized spacial score (nSPS) is 30.1. The predicted octanol–water partition coefficient (Wildman–Crippen LogP) is 5.76. The molecule has 1 unspecified atom stereocenters. The number of aryl methyl sites for hydroxylation is 1. The summed E-state index contributed by atoms with van der Waals surface area (Å²) in [6.07, 6.45) is 8.79. The van der Waals surface area contributed by atoms with E-state index in [4.69, 9.17) is 25.8 Å². The van der Waals surface area contributed by atoms with Crippen molar-refractivity contribution >= 4 is 39.1 Å². The lowest BCUT2D eigenvalue weighted by atomic mass is 9.68. The van der Waals surface area contributed by atoms with Gasteiger partial charge in [-0.15, -0.1) is 4.36 Å². The van der Waals surface area contributed by atoms with E-state index in [-0.39, 0.29) is 23.0 Å². The van der Waals surface area contributed by atoms with Gasteiger partial charge in [0.1, 0.15) is 11.4 Å². The predicted molar refractivity (Wildman–Crippen MR) is 182 cm³/mol. The van der Waals surface area contributed by atoms with E-state index in [1.54, 1.807) is 53.3 Å². The number of hydrogen-bond donors (Lipinski definition) is 1. The fraction of sp³-hybridized carbons (Fsp3) is 0.543. The summed E-state index contributed by atoms with van der Waals surface area (Å²) in [5, 5.41) is 0.727. The average Bonchev–Trinajstić information content (AvgIpc) is 3.16. The molecule has 12 heteroatoms. The van der Waals surface area contributed by atoms with Gasteiger partial charge < -0.3 is 24.0 Å². The van der Waals surface area contributed by atoms with Crippen LogP contribution in [-0.2, 0) is 36.0 Å². The van der Waals surface area contributed by atoms with Gasteiger partial charge in [-0.3, -0.25) is 4.79 Å². The van der Waals surface area contributed by atoms with Crippen LogP contribution in [0.25, 0.3) is 0 Å². The van der Waals surface area contributed by atoms with Gasteiger partial charge in [-0.1, -0.05) is 29.8 Å². The molecule has 2 bridgehead atoms. The van der Waals surface area contributed by atoms with Gasteiger partial charge in [-0.2, -0.15) is 0 Å². The second-order valence-corrected chi connectivity index (χ2v) is 16.3. The quantitative estimate of drug-likeness (QED) is 0.401. The molecule has 4 aliphatic rings. The maximum absolute atomic E-state index is 14.7. The number of nitrogens with zero attached hydrogens (tertiary/aromatic N) is 3. The number of fused-ring (bicyclic) bond motifs is 4. The first-order valence-corrected chi connectivity index (χ1v) is 18.2. The second-order valence-electron chi connectivity index (χ2n) is 13.9. The zero-order chi connectivity index (χ0) is 33.6. The summed E-state index contributed by atoms with van der Waals surface area (Å²) in [5.74, 6) is 0.534. The Labute approximate surface area is 283 Å². The molecule has 2 aliphatic heterocycles. The Balaban J connectivity index is 1.51. The van der Waals surface area contributed by atoms with E-state index in [1.165, 1.54) is 16.0 Å². The third-order valence-electron chi connectivity index (χ3n) is 10.2. The van der Waals surface area contributed by atoms with Gasteiger partial charge in [0.2, 0.25) is 0 Å². The van der Waals surface area contributed by atoms with E-state index in [2.05, 4.69) is 26.1 Å². The molecule has 1 spiro atoms. The van der Waals surface area contributed by atoms with E-state index in [0.717, 1.165) is 49.4 Å². The molecule has 5 atom stereocenters. The van der Waals surface area contributed by atoms with Crippen molar-refractivity contribution in [2.75, 3.05) is 52.4 Å². The molecule has 47 heavy (non-hydrogen) atoms. The van der Waals surface area contributed by atoms with E-state index >= 15 is 0 Å². The standard InChI is InChI=1S/C35H45ClN4O6S/c1-34(2)32(41)37-47(43,38-33(42)39(3)4)26-12-15-31-29(19-26)40(20-24-10-13-27(24)30(44-5)9-7-17-46-34)21-35(22-45-31)16-6-8-23-18-25(36)11-14-28(23)35/h7,9,11-12,14-15,18-19,24,27,30H,6,8,10,13,16-17,20-22H2,1-5H3,(H,37,38,41,42,43)/t24-,27+,30-,35-,47?/m0/s1. The van der Waals surface area contributed by atoms with Crippen molar-refractivity contribution < 1.29 is 28.0 Å². The van der Waals surface area contributed by atoms with Crippen LogP contribution in [0.2, 0.25) is 5.02 Å². The fourth-order valence-electron chi connectivity index (χ4n) is 7.28. The van der Waals surface area contributed by atoms with Crippen LogP contribution in [0, 0.1) is 11.8 Å². The lowest BCUT2D eigenvalue weighted by Gasteiger charge is -2.46. The first-order valence-electron chi connectivity index (χ1n) is 16.3. The zero-order valence-corrected chi connectivity index (χ0v) is 29.4. The summed E-state index contributed by atoms with van der Waals surface area (Å²) < 4.78 is 40.0. The molecule has 3 amide bonds. The molecule has 0 radical (unpaired) electrons. The lowest BCUT2D eigenvalue weighted by molar-refractivity contribution is -0.137. The van der Waals surface area contributed by atoms with Crippen LogP contribution in [0.5, 0.6) is 5.75 Å². The monoisotopic (exact) mass is 684 g/mol. The number of anilines is 1. The van der Waals surface area contributed by atoms with Crippen molar-refractivity contribution in [2.24, 2.45) is 16.2 Å². The maximum Gasteiger partial charge on any atom is 0.329 e. The number of carbonyl (C=O) groups is 2. The van der Waals surface area contributed by atoms with Gasteiger partial charge >= 0.3 is 6.03 Å². The number of rotatable bonds is 2. The van der Waals surface area contributed by atoms with Crippen LogP contribution < -0.4 is 14.4 Å². The molecule has 1 fully saturated rings. The molecule has 10 nitrogen and oxygen atoms in total. The average molecular weight is 685 g/mol. The van der Waals surface area contributed by atoms with Crippen molar-refractivity contribution in [3.05, 3.63) is 64.7 Å². The number of halogens is 1. The highest BCUT2D eigenvalue weighted by atomic mass is 35.5. The van der Waals surface area contributed by atoms with Gasteiger partial charge in [-0.05, 0) is 99.2 Å². The largest absolute Gasteiger partial charge is 0.490 e. The van der Waals surface area contributed by atoms with Gasteiger partial charge in [0.05, 0.1) is 29.9 Å². The van der Waals surface area contributed by atoms with Gasteiger partial charge in [-0.25, -0.2) is 13.7 Å². The number of amides is 3. The molecule has 1 saturated carbocycles. The van der Waals surface area contributed by atoms with Crippen LogP contribution in [-0.4, -0.2) is 80.3 Å². The summed E-state index contributed by atoms with van der Waals surface area (Å²) >= 11 is 6.44. The van der Waals surface area contributed by atoms with Gasteiger partial charge in [0, 0.05) is 44.7 Å². The van der Waals surface area contributed by atoms with E-state index in [0.29, 0.717) is 30.7 Å². The van der Waals surface area contributed by atoms with Crippen molar-refractivity contribution in [1.82, 2.24) is 9.62 Å². The Morgan fingerprint density at radius 1 is 1.19 bits per heavy atom. The number of carbonyl (C=O) groups excluding carboxylic acids is 2. The highest BCUT2D eigenvalue weighted by Gasteiger charge is 2.44. The molecule has 2 aromatic carbocycles. The van der Waals surface area contributed by atoms with Gasteiger partial charge in [0.25, 0.3) is 5.91 Å². The van der Waals surface area contributed by atoms with Crippen LogP contribution in [0.15, 0.2) is 57.8 Å². The molecule has 6 rings (SSSR count). The van der Waals surface area contributed by atoms with Crippen molar-refractivity contribution in [2.45, 2.75) is 68.0 Å². The Hall–Kier alpha value is -3.12. The molecule has 0 aromatic heterocycles. The summed E-state index contributed by atoms with van der Waals surface area (Å²) in [7, 11) is 1.03. The molecule has 2 heterocycles. The zero-order valence-electron chi connectivity index (χ0n) is 27.8. The molecule has 0 saturated heterocycles. The SMILES string of the molecule is CO[C@H]1C=CCOC(C)(C)C(=O)N=S(=O)(NC(=O)N(C)C)c2ccc3c(c2)N(C[C@@H]2CC[C@H]21)C[C@@]1(CCCc2cc(Cl)ccc21)CO3. The molecular weight excluding hydrogens is 640 g/mol. The molecule has 2 aromatic rings. The minimum Gasteiger partial charge on any atom is -0.490 e. The maximum atomic E-state index is 14.7. The van der Waals surface area contributed by atoms with Crippen molar-refractivity contribution in [3.63, 3.8) is 0 Å². The Morgan fingerprint density at radius 3 is 2.72 bits per heavy atom. The third-order valence-corrected chi connectivity index (χ3v) is 12.2. The van der Waals surface area contributed by atoms with Crippen LogP contribution in [0.4, 0.5) is 10.5 Å². The highest BCUT2D eigenvalue weighted by Crippen LogP contribution is 2.47. The smallest absolute Gasteiger partial charge is 0.329 e. The van der Waals surface area contributed by atoms with E-state index in [1.807, 2.05) is 18.2 Å². The summed E-state index contributed by atoms with van der Waals surface area (Å²) in [6, 6.07) is 10.7. The van der Waals surface area contributed by atoms with Gasteiger partial charge in [0.15, 0.2) is 9.92 Å². The van der Waals surface area contributed by atoms with Crippen LogP contribution >= 0.6 is 11.6 Å². The van der Waals surface area contributed by atoms with E-state index in [9.17, 15) is 13.8 Å². The number of urea groups is 1. The first kappa shape index (κ1) is 33.8. The highest BCUT2D eigenvalue weighted by molar-refractivity contribution is 7.92. The number of hydrogen-bond acceptors (Lipinski definition) is 7. The summed E-state index contributed by atoms with van der Waals surface area (Å²) in [4.78, 5) is 30.4. The molecule has 254 valence electrons. The summed E-state index contributed by atoms with van der Waals surface area (Å²) in [6.45, 7) is 5.19. The second kappa shape index (κ2) is 13.1. The van der Waals surface area contributed by atoms with Crippen LogP contribution in [0.3, 0.4) is 0 Å². The topological polar surface area (TPSA) is 110 Å². The summed E-state index contributed by atoms with van der Waals surface area (Å²) in [5.41, 5.74) is 1.56. The molecular formula is C35H45ClN4O6S. The number of benzene rings is 2. The van der Waals surface area contributed by atoms with Crippen LogP contribution in [0.1, 0.15) is 50.7 Å². The number of ether oxygens (including phenoxy) is 3. The Bertz CT molecular complexity index is 1700. The first-order chi connectivity index (χ1) is 22.3. The van der Waals surface area contributed by atoms with Crippen molar-refractivity contribution in [3.8, 4) is 5.75 Å². The Morgan fingerprint density at radius 2 is 2.00 bits per heavy atom. The fourth-order valence-corrected chi connectivity index (χ4v) is 9.14. The Kier molecular flexibility index (Phi) is 9.38. The third kappa shape index (κ3) is 6.64. The number of nitrogens with one attached hydrogen (secondary N) is 1.